The summed E-state index contributed by atoms with van der Waals surface area (Å²) in [6.45, 7) is 0.265. The van der Waals surface area contributed by atoms with Crippen LogP contribution in [0.3, 0.4) is 0 Å². The lowest BCUT2D eigenvalue weighted by Gasteiger charge is -2.09. The average molecular weight is 181 g/mol. The largest absolute Gasteiger partial charge is 0.335 e. The Morgan fingerprint density at radius 2 is 2.38 bits per heavy atom. The molecular formula is C8H8FN3O. The van der Waals surface area contributed by atoms with Gasteiger partial charge in [0.25, 0.3) is 0 Å². The number of hydrogen-bond acceptors (Lipinski definition) is 3. The summed E-state index contributed by atoms with van der Waals surface area (Å²) in [5.41, 5.74) is 0.630. The van der Waals surface area contributed by atoms with Crippen LogP contribution in [-0.4, -0.2) is 17.4 Å². The minimum Gasteiger partial charge on any atom is -0.335 e. The number of halogens is 1. The van der Waals surface area contributed by atoms with E-state index in [9.17, 15) is 9.18 Å². The van der Waals surface area contributed by atoms with Gasteiger partial charge in [-0.3, -0.25) is 15.1 Å². The molecular weight excluding hydrogens is 173 g/mol. The Hall–Kier alpha value is -1.49. The lowest BCUT2D eigenvalue weighted by atomic mass is 10.2. The first-order valence-corrected chi connectivity index (χ1v) is 3.89. The summed E-state index contributed by atoms with van der Waals surface area (Å²) in [4.78, 5) is 14.5. The molecule has 13 heavy (non-hydrogen) atoms. The van der Waals surface area contributed by atoms with Crippen molar-refractivity contribution in [2.24, 2.45) is 0 Å². The normalized spacial score (nSPS) is 21.6. The summed E-state index contributed by atoms with van der Waals surface area (Å²) < 4.78 is 12.7. The molecule has 0 aromatic carbocycles. The van der Waals surface area contributed by atoms with Crippen molar-refractivity contribution >= 4 is 5.91 Å². The number of nitrogens with one attached hydrogen (secondary N) is 2. The lowest BCUT2D eigenvalue weighted by Crippen LogP contribution is -2.22. The summed E-state index contributed by atoms with van der Waals surface area (Å²) >= 11 is 0. The first-order valence-electron chi connectivity index (χ1n) is 3.89. The summed E-state index contributed by atoms with van der Waals surface area (Å²) in [5.74, 6) is -0.491. The van der Waals surface area contributed by atoms with Gasteiger partial charge in [0.2, 0.25) is 5.91 Å². The number of rotatable bonds is 1. The maximum absolute atomic E-state index is 12.7. The Morgan fingerprint density at radius 3 is 3.00 bits per heavy atom. The van der Waals surface area contributed by atoms with Crippen molar-refractivity contribution in [1.29, 1.82) is 0 Å². The van der Waals surface area contributed by atoms with Crippen molar-refractivity contribution in [2.45, 2.75) is 6.17 Å². The van der Waals surface area contributed by atoms with E-state index in [0.29, 0.717) is 5.56 Å². The number of aromatic nitrogens is 1. The average Bonchev–Trinajstić information content (AvgIpc) is 2.52. The molecule has 1 atom stereocenters. The lowest BCUT2D eigenvalue weighted by molar-refractivity contribution is -0.118. The summed E-state index contributed by atoms with van der Waals surface area (Å²) in [5, 5.41) is 5.52. The fourth-order valence-electron chi connectivity index (χ4n) is 1.25. The molecule has 1 aliphatic heterocycles. The number of pyridine rings is 1. The number of hydrogen-bond donors (Lipinski definition) is 2. The maximum atomic E-state index is 12.7. The van der Waals surface area contributed by atoms with Crippen LogP contribution in [0.5, 0.6) is 0 Å². The molecule has 0 radical (unpaired) electrons. The fraction of sp³-hybridized carbons (Fsp3) is 0.250. The van der Waals surface area contributed by atoms with Crippen LogP contribution in [0.25, 0.3) is 0 Å². The molecule has 0 saturated carbocycles. The van der Waals surface area contributed by atoms with Crippen LogP contribution in [-0.2, 0) is 4.79 Å². The first-order chi connectivity index (χ1) is 6.25. The molecule has 2 rings (SSSR count). The van der Waals surface area contributed by atoms with Gasteiger partial charge in [0.05, 0.1) is 12.7 Å². The van der Waals surface area contributed by atoms with E-state index in [1.165, 1.54) is 12.3 Å². The Kier molecular flexibility index (Phi) is 1.94. The van der Waals surface area contributed by atoms with Gasteiger partial charge in [0, 0.05) is 11.8 Å². The van der Waals surface area contributed by atoms with Crippen molar-refractivity contribution in [3.05, 3.63) is 29.8 Å². The summed E-state index contributed by atoms with van der Waals surface area (Å²) in [6, 6.07) is 1.34. The molecule has 4 nitrogen and oxygen atoms in total. The van der Waals surface area contributed by atoms with Gasteiger partial charge in [-0.1, -0.05) is 0 Å². The van der Waals surface area contributed by atoms with Crippen LogP contribution in [0, 0.1) is 5.82 Å². The van der Waals surface area contributed by atoms with E-state index >= 15 is 0 Å². The van der Waals surface area contributed by atoms with Crippen LogP contribution in [0.1, 0.15) is 11.7 Å². The van der Waals surface area contributed by atoms with Crippen molar-refractivity contribution in [2.75, 3.05) is 6.54 Å². The van der Waals surface area contributed by atoms with Crippen LogP contribution < -0.4 is 10.6 Å². The van der Waals surface area contributed by atoms with E-state index in [1.807, 2.05) is 0 Å². The highest BCUT2D eigenvalue weighted by molar-refractivity contribution is 5.80. The van der Waals surface area contributed by atoms with Gasteiger partial charge in [-0.2, -0.15) is 0 Å². The van der Waals surface area contributed by atoms with Crippen LogP contribution in [0.2, 0.25) is 0 Å². The zero-order chi connectivity index (χ0) is 9.26. The third kappa shape index (κ3) is 1.65. The Bertz CT molecular complexity index is 342. The molecule has 1 fully saturated rings. The number of carbonyl (C=O) groups is 1. The second-order valence-electron chi connectivity index (χ2n) is 2.82. The monoisotopic (exact) mass is 181 g/mol. The zero-order valence-electron chi connectivity index (χ0n) is 6.75. The van der Waals surface area contributed by atoms with E-state index in [0.717, 1.165) is 6.20 Å². The molecule has 2 N–H and O–H groups in total. The van der Waals surface area contributed by atoms with Gasteiger partial charge in [0.1, 0.15) is 12.0 Å². The van der Waals surface area contributed by atoms with Gasteiger partial charge < -0.3 is 5.32 Å². The highest BCUT2D eigenvalue weighted by Crippen LogP contribution is 2.12. The van der Waals surface area contributed by atoms with Gasteiger partial charge in [-0.25, -0.2) is 4.39 Å². The Morgan fingerprint density at radius 1 is 1.54 bits per heavy atom. The Labute approximate surface area is 74.2 Å². The van der Waals surface area contributed by atoms with Crippen molar-refractivity contribution in [1.82, 2.24) is 15.6 Å². The maximum Gasteiger partial charge on any atom is 0.235 e. The van der Waals surface area contributed by atoms with Crippen molar-refractivity contribution in [3.63, 3.8) is 0 Å². The number of amides is 1. The molecule has 68 valence electrons. The van der Waals surface area contributed by atoms with E-state index in [4.69, 9.17) is 0 Å². The van der Waals surface area contributed by atoms with E-state index in [2.05, 4.69) is 15.6 Å². The summed E-state index contributed by atoms with van der Waals surface area (Å²) in [6.07, 6.45) is 2.34. The third-order valence-corrected chi connectivity index (χ3v) is 1.83. The van der Waals surface area contributed by atoms with Crippen LogP contribution >= 0.6 is 0 Å². The van der Waals surface area contributed by atoms with E-state index < -0.39 is 5.82 Å². The van der Waals surface area contributed by atoms with Crippen LogP contribution in [0.15, 0.2) is 18.5 Å². The molecule has 5 heteroatoms. The fourth-order valence-corrected chi connectivity index (χ4v) is 1.25. The molecule has 0 spiro atoms. The third-order valence-electron chi connectivity index (χ3n) is 1.83. The first kappa shape index (κ1) is 8.12. The van der Waals surface area contributed by atoms with Gasteiger partial charge in [0.15, 0.2) is 0 Å². The molecule has 0 bridgehead atoms. The molecule has 1 amide bonds. The molecule has 2 heterocycles. The van der Waals surface area contributed by atoms with Crippen molar-refractivity contribution in [3.8, 4) is 0 Å². The predicted molar refractivity (Wildman–Crippen MR) is 43.1 cm³/mol. The van der Waals surface area contributed by atoms with E-state index in [1.54, 1.807) is 0 Å². The SMILES string of the molecule is O=C1CNC(c2cncc(F)c2)N1. The summed E-state index contributed by atoms with van der Waals surface area (Å²) in [7, 11) is 0. The molecule has 1 aromatic rings. The molecule has 1 unspecified atom stereocenters. The quantitative estimate of drug-likeness (QED) is 0.638. The molecule has 1 aliphatic rings. The molecule has 1 saturated heterocycles. The minimum atomic E-state index is -0.402. The van der Waals surface area contributed by atoms with Crippen LogP contribution in [0.4, 0.5) is 4.39 Å². The van der Waals surface area contributed by atoms with Crippen molar-refractivity contribution < 1.29 is 9.18 Å². The minimum absolute atomic E-state index is 0.0886. The second-order valence-corrected chi connectivity index (χ2v) is 2.82. The highest BCUT2D eigenvalue weighted by atomic mass is 19.1. The Balaban J connectivity index is 2.21. The van der Waals surface area contributed by atoms with Gasteiger partial charge >= 0.3 is 0 Å². The molecule has 1 aromatic heterocycles. The number of nitrogens with zero attached hydrogens (tertiary/aromatic N) is 1. The smallest absolute Gasteiger partial charge is 0.235 e. The highest BCUT2D eigenvalue weighted by Gasteiger charge is 2.21. The van der Waals surface area contributed by atoms with E-state index in [-0.39, 0.29) is 18.6 Å². The second kappa shape index (κ2) is 3.10. The zero-order valence-corrected chi connectivity index (χ0v) is 6.75. The standard InChI is InChI=1S/C8H8FN3O/c9-6-1-5(2-10-3-6)8-11-4-7(13)12-8/h1-3,8,11H,4H2,(H,12,13). The predicted octanol–water partition coefficient (Wildman–Crippen LogP) is -0.0613. The number of carbonyl (C=O) groups excluding carboxylic acids is 1. The van der Waals surface area contributed by atoms with Gasteiger partial charge in [-0.15, -0.1) is 0 Å². The topological polar surface area (TPSA) is 54.0 Å². The van der Waals surface area contributed by atoms with Gasteiger partial charge in [-0.05, 0) is 6.07 Å². The molecule has 0 aliphatic carbocycles.